The van der Waals surface area contributed by atoms with Gasteiger partial charge in [-0.05, 0) is 79.9 Å². The molecule has 186 valence electrons. The zero-order valence-corrected chi connectivity index (χ0v) is 20.8. The number of aromatic amines is 1. The second kappa shape index (κ2) is 8.23. The van der Waals surface area contributed by atoms with Crippen LogP contribution in [-0.2, 0) is 16.8 Å². The van der Waals surface area contributed by atoms with Gasteiger partial charge in [-0.25, -0.2) is 9.69 Å². The molecule has 1 saturated heterocycles. The van der Waals surface area contributed by atoms with Crippen LogP contribution in [0, 0.1) is 6.92 Å². The third-order valence-corrected chi connectivity index (χ3v) is 7.55. The fourth-order valence-electron chi connectivity index (χ4n) is 5.44. The Labute approximate surface area is 213 Å². The predicted octanol–water partition coefficient (Wildman–Crippen LogP) is 4.98. The number of nitrogens with zero attached hydrogens (tertiary/aromatic N) is 2. The Balaban J connectivity index is 1.32. The Kier molecular flexibility index (Phi) is 5.08. The van der Waals surface area contributed by atoms with Crippen LogP contribution in [0.3, 0.4) is 0 Å². The van der Waals surface area contributed by atoms with E-state index in [2.05, 4.69) is 10.3 Å². The minimum absolute atomic E-state index is 0.262. The fraction of sp³-hybridized carbons (Fsp3) is 0.207. The number of aromatic nitrogens is 1. The second-order valence-electron chi connectivity index (χ2n) is 9.60. The number of fused-ring (bicyclic) bond motifs is 5. The molecule has 2 aliphatic heterocycles. The van der Waals surface area contributed by atoms with Gasteiger partial charge in [0, 0.05) is 28.7 Å². The number of hydrogen-bond acceptors (Lipinski definition) is 4. The van der Waals surface area contributed by atoms with Crippen molar-refractivity contribution in [2.75, 3.05) is 23.9 Å². The molecule has 3 heterocycles. The summed E-state index contributed by atoms with van der Waals surface area (Å²) in [6.45, 7) is 4.14. The van der Waals surface area contributed by atoms with Crippen molar-refractivity contribution in [1.29, 1.82) is 0 Å². The van der Waals surface area contributed by atoms with Gasteiger partial charge in [-0.3, -0.25) is 9.59 Å². The number of imide groups is 1. The Morgan fingerprint density at radius 1 is 1.05 bits per heavy atom. The summed E-state index contributed by atoms with van der Waals surface area (Å²) in [5, 5.41) is 3.90. The maximum Gasteiger partial charge on any atom is 0.332 e. The van der Waals surface area contributed by atoms with E-state index in [1.165, 1.54) is 4.90 Å². The average molecular weight is 495 g/mol. The largest absolute Gasteiger partial charge is 0.497 e. The topological polar surface area (TPSA) is 94.7 Å². The van der Waals surface area contributed by atoms with Gasteiger partial charge in [-0.15, -0.1) is 0 Å². The molecule has 4 amide bonds. The first-order valence-corrected chi connectivity index (χ1v) is 12.1. The van der Waals surface area contributed by atoms with Gasteiger partial charge in [-0.2, -0.15) is 0 Å². The van der Waals surface area contributed by atoms with E-state index in [4.69, 9.17) is 4.74 Å². The van der Waals surface area contributed by atoms with Crippen LogP contribution in [0.25, 0.3) is 10.9 Å². The summed E-state index contributed by atoms with van der Waals surface area (Å²) in [5.41, 5.74) is 4.06. The van der Waals surface area contributed by atoms with E-state index >= 15 is 0 Å². The van der Waals surface area contributed by atoms with Gasteiger partial charge in [0.25, 0.3) is 11.8 Å². The minimum atomic E-state index is -1.15. The SMILES string of the molecule is COc1ccc2[nH]c3c(c2c1)CCN1C(=O)N(c2ccc(C(=O)Nc4ccccc4C)cc2)C(=O)C31C. The molecule has 0 saturated carbocycles. The molecule has 1 unspecified atom stereocenters. The lowest BCUT2D eigenvalue weighted by molar-refractivity contribution is -0.125. The highest BCUT2D eigenvalue weighted by Crippen LogP contribution is 2.45. The van der Waals surface area contributed by atoms with Gasteiger partial charge in [-0.1, -0.05) is 18.2 Å². The molecule has 0 radical (unpaired) electrons. The summed E-state index contributed by atoms with van der Waals surface area (Å²) in [5.74, 6) is 0.153. The van der Waals surface area contributed by atoms with Crippen LogP contribution in [0.15, 0.2) is 66.7 Å². The van der Waals surface area contributed by atoms with Crippen molar-refractivity contribution in [3.05, 3.63) is 89.1 Å². The van der Waals surface area contributed by atoms with Crippen LogP contribution in [0.4, 0.5) is 16.2 Å². The van der Waals surface area contributed by atoms with Crippen LogP contribution < -0.4 is 15.0 Å². The molecule has 37 heavy (non-hydrogen) atoms. The Bertz CT molecular complexity index is 1590. The number of urea groups is 1. The van der Waals surface area contributed by atoms with Crippen molar-refractivity contribution in [2.45, 2.75) is 25.8 Å². The molecule has 0 spiro atoms. The molecule has 8 heteroatoms. The summed E-state index contributed by atoms with van der Waals surface area (Å²) in [4.78, 5) is 46.4. The standard InChI is InChI=1S/C29H26N4O4/c1-17-6-4-5-7-23(17)31-26(34)18-8-10-19(11-9-18)33-27(35)29(2)25-21(14-15-32(29)28(33)36)22-16-20(37-3)12-13-24(22)30-25/h4-13,16,30H,14-15H2,1-3H3,(H,31,34). The molecule has 2 aliphatic rings. The number of aryl methyl sites for hydroxylation is 1. The number of rotatable bonds is 4. The molecule has 1 fully saturated rings. The van der Waals surface area contributed by atoms with Crippen molar-refractivity contribution in [2.24, 2.45) is 0 Å². The number of amides is 4. The first-order valence-electron chi connectivity index (χ1n) is 12.1. The normalized spacial score (nSPS) is 18.7. The van der Waals surface area contributed by atoms with E-state index < -0.39 is 5.54 Å². The van der Waals surface area contributed by atoms with E-state index in [0.717, 1.165) is 39.2 Å². The Morgan fingerprint density at radius 3 is 2.54 bits per heavy atom. The minimum Gasteiger partial charge on any atom is -0.497 e. The highest BCUT2D eigenvalue weighted by atomic mass is 16.5. The summed E-state index contributed by atoms with van der Waals surface area (Å²) >= 11 is 0. The molecular weight excluding hydrogens is 468 g/mol. The van der Waals surface area contributed by atoms with Crippen molar-refractivity contribution in [3.8, 4) is 5.75 Å². The van der Waals surface area contributed by atoms with Gasteiger partial charge in [0.15, 0.2) is 5.54 Å². The molecule has 3 aromatic carbocycles. The predicted molar refractivity (Wildman–Crippen MR) is 141 cm³/mol. The zero-order valence-electron chi connectivity index (χ0n) is 20.8. The van der Waals surface area contributed by atoms with Gasteiger partial charge >= 0.3 is 6.03 Å². The number of carbonyl (C=O) groups is 3. The monoisotopic (exact) mass is 494 g/mol. The summed E-state index contributed by atoms with van der Waals surface area (Å²) in [6.07, 6.45) is 0.628. The van der Waals surface area contributed by atoms with Gasteiger partial charge in [0.05, 0.1) is 18.5 Å². The third kappa shape index (κ3) is 3.32. The number of para-hydroxylation sites is 1. The van der Waals surface area contributed by atoms with Gasteiger partial charge in [0.1, 0.15) is 5.75 Å². The molecule has 0 bridgehead atoms. The van der Waals surface area contributed by atoms with Crippen LogP contribution in [0.2, 0.25) is 0 Å². The molecule has 0 aliphatic carbocycles. The van der Waals surface area contributed by atoms with E-state index in [1.807, 2.05) is 49.4 Å². The summed E-state index contributed by atoms with van der Waals surface area (Å²) < 4.78 is 5.39. The van der Waals surface area contributed by atoms with Crippen LogP contribution in [0.5, 0.6) is 5.75 Å². The van der Waals surface area contributed by atoms with Crippen LogP contribution in [-0.4, -0.2) is 41.4 Å². The first-order chi connectivity index (χ1) is 17.8. The first kappa shape index (κ1) is 22.8. The molecule has 2 N–H and O–H groups in total. The average Bonchev–Trinajstić information content (AvgIpc) is 3.38. The van der Waals surface area contributed by atoms with E-state index in [9.17, 15) is 14.4 Å². The van der Waals surface area contributed by atoms with Crippen molar-refractivity contribution >= 4 is 40.1 Å². The highest BCUT2D eigenvalue weighted by molar-refractivity contribution is 6.23. The highest BCUT2D eigenvalue weighted by Gasteiger charge is 2.59. The summed E-state index contributed by atoms with van der Waals surface area (Å²) in [7, 11) is 1.62. The number of hydrogen-bond donors (Lipinski definition) is 2. The summed E-state index contributed by atoms with van der Waals surface area (Å²) in [6, 6.07) is 19.5. The van der Waals surface area contributed by atoms with Gasteiger partial charge in [0.2, 0.25) is 0 Å². The maximum atomic E-state index is 13.9. The molecule has 1 aromatic heterocycles. The third-order valence-electron chi connectivity index (χ3n) is 7.55. The zero-order chi connectivity index (χ0) is 25.9. The smallest absolute Gasteiger partial charge is 0.332 e. The second-order valence-corrected chi connectivity index (χ2v) is 9.60. The number of benzene rings is 3. The van der Waals surface area contributed by atoms with E-state index in [0.29, 0.717) is 24.2 Å². The van der Waals surface area contributed by atoms with Crippen molar-refractivity contribution in [1.82, 2.24) is 9.88 Å². The number of carbonyl (C=O) groups excluding carboxylic acids is 3. The Hall–Kier alpha value is -4.59. The van der Waals surface area contributed by atoms with Crippen LogP contribution in [0.1, 0.15) is 34.1 Å². The van der Waals surface area contributed by atoms with E-state index in [1.54, 1.807) is 43.2 Å². The quantitative estimate of drug-likeness (QED) is 0.392. The van der Waals surface area contributed by atoms with Crippen molar-refractivity contribution in [3.63, 3.8) is 0 Å². The fourth-order valence-corrected chi connectivity index (χ4v) is 5.44. The number of nitrogens with one attached hydrogen (secondary N) is 2. The molecule has 1 atom stereocenters. The maximum absolute atomic E-state index is 13.9. The van der Waals surface area contributed by atoms with Crippen molar-refractivity contribution < 1.29 is 19.1 Å². The Morgan fingerprint density at radius 2 is 1.81 bits per heavy atom. The number of methoxy groups -OCH3 is 1. The number of anilines is 2. The lowest BCUT2D eigenvalue weighted by Gasteiger charge is -2.35. The van der Waals surface area contributed by atoms with E-state index in [-0.39, 0.29) is 17.8 Å². The molecular formula is C29H26N4O4. The molecule has 4 aromatic rings. The number of ether oxygens (including phenoxy) is 1. The number of H-pyrrole nitrogens is 1. The lowest BCUT2D eigenvalue weighted by Crippen LogP contribution is -2.49. The molecule has 8 nitrogen and oxygen atoms in total. The van der Waals surface area contributed by atoms with Crippen LogP contribution >= 0.6 is 0 Å². The lowest BCUT2D eigenvalue weighted by atomic mass is 9.87. The van der Waals surface area contributed by atoms with Gasteiger partial charge < -0.3 is 19.9 Å². The molecule has 6 rings (SSSR count).